The smallest absolute Gasteiger partial charge is 0.350 e. The van der Waals surface area contributed by atoms with Crippen LogP contribution in [0.4, 0.5) is 5.13 Å². The Balaban J connectivity index is 2.60. The Hall–Kier alpha value is -1.63. The predicted octanol–water partition coefficient (Wildman–Crippen LogP) is 1.56. The van der Waals surface area contributed by atoms with Gasteiger partial charge in [-0.15, -0.1) is 0 Å². The third-order valence-electron chi connectivity index (χ3n) is 2.08. The van der Waals surface area contributed by atoms with Gasteiger partial charge in [-0.2, -0.15) is 0 Å². The molecule has 0 aromatic carbocycles. The SMILES string of the molecule is COC(=O)c1sc(NCC(=O)NC(C)(C)C)nc1C. The number of hydrogen-bond acceptors (Lipinski definition) is 6. The first-order valence-electron chi connectivity index (χ1n) is 5.83. The van der Waals surface area contributed by atoms with Gasteiger partial charge in [-0.25, -0.2) is 9.78 Å². The van der Waals surface area contributed by atoms with Gasteiger partial charge in [0.05, 0.1) is 19.3 Å². The van der Waals surface area contributed by atoms with E-state index in [-0.39, 0.29) is 18.0 Å². The van der Waals surface area contributed by atoms with E-state index in [0.717, 1.165) is 0 Å². The fourth-order valence-corrected chi connectivity index (χ4v) is 2.25. The monoisotopic (exact) mass is 285 g/mol. The summed E-state index contributed by atoms with van der Waals surface area (Å²) in [7, 11) is 1.32. The maximum atomic E-state index is 11.6. The number of nitrogens with one attached hydrogen (secondary N) is 2. The highest BCUT2D eigenvalue weighted by molar-refractivity contribution is 7.17. The van der Waals surface area contributed by atoms with Crippen molar-refractivity contribution in [3.8, 4) is 0 Å². The van der Waals surface area contributed by atoms with Crippen LogP contribution in [0.3, 0.4) is 0 Å². The Morgan fingerprint density at radius 1 is 1.37 bits per heavy atom. The van der Waals surface area contributed by atoms with E-state index < -0.39 is 5.97 Å². The van der Waals surface area contributed by atoms with Crippen molar-refractivity contribution in [2.24, 2.45) is 0 Å². The van der Waals surface area contributed by atoms with Gasteiger partial charge in [-0.1, -0.05) is 11.3 Å². The molecule has 0 spiro atoms. The molecular weight excluding hydrogens is 266 g/mol. The second kappa shape index (κ2) is 6.01. The molecule has 0 saturated carbocycles. The van der Waals surface area contributed by atoms with Crippen LogP contribution in [0.5, 0.6) is 0 Å². The largest absolute Gasteiger partial charge is 0.465 e. The lowest BCUT2D eigenvalue weighted by Gasteiger charge is -2.20. The van der Waals surface area contributed by atoms with Gasteiger partial charge in [0, 0.05) is 5.54 Å². The molecule has 19 heavy (non-hydrogen) atoms. The van der Waals surface area contributed by atoms with Crippen molar-refractivity contribution < 1.29 is 14.3 Å². The van der Waals surface area contributed by atoms with Crippen molar-refractivity contribution in [2.45, 2.75) is 33.2 Å². The van der Waals surface area contributed by atoms with Crippen LogP contribution in [0.1, 0.15) is 36.1 Å². The summed E-state index contributed by atoms with van der Waals surface area (Å²) in [5.74, 6) is -0.540. The van der Waals surface area contributed by atoms with Gasteiger partial charge in [0.1, 0.15) is 4.88 Å². The molecule has 1 aromatic heterocycles. The molecule has 1 rings (SSSR count). The van der Waals surface area contributed by atoms with Gasteiger partial charge < -0.3 is 15.4 Å². The van der Waals surface area contributed by atoms with E-state index in [1.807, 2.05) is 20.8 Å². The lowest BCUT2D eigenvalue weighted by Crippen LogP contribution is -2.43. The number of amides is 1. The first kappa shape index (κ1) is 15.4. The number of nitrogens with zero attached hydrogens (tertiary/aromatic N) is 1. The molecule has 7 heteroatoms. The quantitative estimate of drug-likeness (QED) is 0.821. The molecule has 0 atom stereocenters. The number of anilines is 1. The number of carbonyl (C=O) groups is 2. The van der Waals surface area contributed by atoms with Crippen LogP contribution >= 0.6 is 11.3 Å². The summed E-state index contributed by atoms with van der Waals surface area (Å²) in [6.07, 6.45) is 0. The molecule has 0 saturated heterocycles. The average molecular weight is 285 g/mol. The lowest BCUT2D eigenvalue weighted by atomic mass is 10.1. The number of carbonyl (C=O) groups excluding carboxylic acids is 2. The number of methoxy groups -OCH3 is 1. The van der Waals surface area contributed by atoms with Crippen molar-refractivity contribution >= 4 is 28.3 Å². The molecule has 0 radical (unpaired) electrons. The molecule has 0 aliphatic rings. The Bertz CT molecular complexity index is 477. The number of aromatic nitrogens is 1. The van der Waals surface area contributed by atoms with E-state index in [0.29, 0.717) is 15.7 Å². The molecule has 0 bridgehead atoms. The van der Waals surface area contributed by atoms with Crippen molar-refractivity contribution in [2.75, 3.05) is 19.0 Å². The van der Waals surface area contributed by atoms with E-state index in [4.69, 9.17) is 0 Å². The molecule has 0 unspecified atom stereocenters. The highest BCUT2D eigenvalue weighted by Gasteiger charge is 2.17. The van der Waals surface area contributed by atoms with Gasteiger partial charge in [0.2, 0.25) is 5.91 Å². The third-order valence-corrected chi connectivity index (χ3v) is 3.18. The minimum atomic E-state index is -0.415. The average Bonchev–Trinajstić information content (AvgIpc) is 2.65. The van der Waals surface area contributed by atoms with Gasteiger partial charge in [-0.3, -0.25) is 4.79 Å². The highest BCUT2D eigenvalue weighted by atomic mass is 32.1. The van der Waals surface area contributed by atoms with Gasteiger partial charge in [0.15, 0.2) is 5.13 Å². The third kappa shape index (κ3) is 4.86. The summed E-state index contributed by atoms with van der Waals surface area (Å²) in [6, 6.07) is 0. The summed E-state index contributed by atoms with van der Waals surface area (Å²) >= 11 is 1.18. The molecule has 1 aromatic rings. The van der Waals surface area contributed by atoms with Crippen molar-refractivity contribution in [3.05, 3.63) is 10.6 Å². The van der Waals surface area contributed by atoms with Crippen LogP contribution in [0.2, 0.25) is 0 Å². The van der Waals surface area contributed by atoms with Crippen LogP contribution in [-0.4, -0.2) is 36.1 Å². The Labute approximate surface area is 116 Å². The summed E-state index contributed by atoms with van der Waals surface area (Å²) in [4.78, 5) is 27.7. The first-order chi connectivity index (χ1) is 8.73. The minimum Gasteiger partial charge on any atom is -0.465 e. The molecule has 0 aliphatic carbocycles. The predicted molar refractivity (Wildman–Crippen MR) is 74.6 cm³/mol. The van der Waals surface area contributed by atoms with E-state index in [1.165, 1.54) is 18.4 Å². The van der Waals surface area contributed by atoms with Crippen molar-refractivity contribution in [3.63, 3.8) is 0 Å². The zero-order valence-electron chi connectivity index (χ0n) is 11.8. The summed E-state index contributed by atoms with van der Waals surface area (Å²) in [6.45, 7) is 7.57. The Morgan fingerprint density at radius 3 is 2.53 bits per heavy atom. The molecule has 0 fully saturated rings. The van der Waals surface area contributed by atoms with E-state index in [2.05, 4.69) is 20.4 Å². The number of hydrogen-bond donors (Lipinski definition) is 2. The molecule has 1 amide bonds. The fraction of sp³-hybridized carbons (Fsp3) is 0.583. The maximum Gasteiger partial charge on any atom is 0.350 e. The Morgan fingerprint density at radius 2 is 2.00 bits per heavy atom. The minimum absolute atomic E-state index is 0.116. The maximum absolute atomic E-state index is 11.6. The molecule has 0 aliphatic heterocycles. The van der Waals surface area contributed by atoms with Crippen LogP contribution in [0.15, 0.2) is 0 Å². The number of rotatable bonds is 4. The second-order valence-electron chi connectivity index (χ2n) is 5.08. The fourth-order valence-electron chi connectivity index (χ4n) is 1.37. The molecule has 1 heterocycles. The summed E-state index contributed by atoms with van der Waals surface area (Å²) < 4.78 is 4.65. The van der Waals surface area contributed by atoms with Gasteiger partial charge >= 0.3 is 5.97 Å². The van der Waals surface area contributed by atoms with Gasteiger partial charge in [-0.05, 0) is 27.7 Å². The number of thiazole rings is 1. The van der Waals surface area contributed by atoms with Crippen LogP contribution < -0.4 is 10.6 Å². The Kier molecular flexibility index (Phi) is 4.88. The molecule has 106 valence electrons. The normalized spacial score (nSPS) is 11.0. The van der Waals surface area contributed by atoms with E-state index in [1.54, 1.807) is 6.92 Å². The number of esters is 1. The van der Waals surface area contributed by atoms with Gasteiger partial charge in [0.25, 0.3) is 0 Å². The number of ether oxygens (including phenoxy) is 1. The lowest BCUT2D eigenvalue weighted by molar-refractivity contribution is -0.120. The van der Waals surface area contributed by atoms with Crippen LogP contribution in [0.25, 0.3) is 0 Å². The zero-order valence-corrected chi connectivity index (χ0v) is 12.6. The summed E-state index contributed by atoms with van der Waals surface area (Å²) in [5, 5.41) is 6.25. The van der Waals surface area contributed by atoms with E-state index >= 15 is 0 Å². The second-order valence-corrected chi connectivity index (χ2v) is 6.08. The van der Waals surface area contributed by atoms with Crippen molar-refractivity contribution in [1.29, 1.82) is 0 Å². The number of aryl methyl sites for hydroxylation is 1. The zero-order chi connectivity index (χ0) is 14.6. The summed E-state index contributed by atoms with van der Waals surface area (Å²) in [5.41, 5.74) is 0.324. The topological polar surface area (TPSA) is 80.3 Å². The molecular formula is C12H19N3O3S. The first-order valence-corrected chi connectivity index (χ1v) is 6.65. The molecule has 2 N–H and O–H groups in total. The standard InChI is InChI=1S/C12H19N3O3S/c1-7-9(10(17)18-5)19-11(14-7)13-6-8(16)15-12(2,3)4/h6H2,1-5H3,(H,13,14)(H,15,16). The van der Waals surface area contributed by atoms with Crippen LogP contribution in [-0.2, 0) is 9.53 Å². The highest BCUT2D eigenvalue weighted by Crippen LogP contribution is 2.22. The van der Waals surface area contributed by atoms with E-state index in [9.17, 15) is 9.59 Å². The van der Waals surface area contributed by atoms with Crippen LogP contribution in [0, 0.1) is 6.92 Å². The molecule has 6 nitrogen and oxygen atoms in total. The van der Waals surface area contributed by atoms with Crippen molar-refractivity contribution in [1.82, 2.24) is 10.3 Å².